The molecule has 0 aromatic heterocycles. The molecule has 2 N–H and O–H groups in total. The van der Waals surface area contributed by atoms with Crippen LogP contribution in [0.2, 0.25) is 0 Å². The predicted molar refractivity (Wildman–Crippen MR) is 92.2 cm³/mol. The van der Waals surface area contributed by atoms with Crippen molar-refractivity contribution in [2.75, 3.05) is 13.2 Å². The van der Waals surface area contributed by atoms with Crippen LogP contribution in [0.3, 0.4) is 0 Å². The van der Waals surface area contributed by atoms with Gasteiger partial charge >= 0.3 is 5.97 Å². The highest BCUT2D eigenvalue weighted by Crippen LogP contribution is 2.32. The Morgan fingerprint density at radius 1 is 1.25 bits per heavy atom. The van der Waals surface area contributed by atoms with Gasteiger partial charge in [0.05, 0.1) is 13.2 Å². The summed E-state index contributed by atoms with van der Waals surface area (Å²) in [4.78, 5) is 23.4. The third-order valence-electron chi connectivity index (χ3n) is 4.37. The van der Waals surface area contributed by atoms with Crippen molar-refractivity contribution in [3.8, 4) is 0 Å². The molecule has 1 amide bonds. The van der Waals surface area contributed by atoms with Crippen LogP contribution in [-0.2, 0) is 9.53 Å². The van der Waals surface area contributed by atoms with Gasteiger partial charge < -0.3 is 15.2 Å². The second-order valence-corrected chi connectivity index (χ2v) is 6.15. The van der Waals surface area contributed by atoms with Crippen LogP contribution in [0.4, 0.5) is 0 Å². The molecule has 24 heavy (non-hydrogen) atoms. The minimum absolute atomic E-state index is 0.0900. The van der Waals surface area contributed by atoms with Crippen molar-refractivity contribution in [1.82, 2.24) is 5.32 Å². The molecule has 5 heteroatoms. The number of aliphatic carboxylic acids is 1. The molecule has 1 aliphatic rings. The van der Waals surface area contributed by atoms with E-state index in [1.54, 1.807) is 12.1 Å². The maximum Gasteiger partial charge on any atom is 0.328 e. The number of amides is 1. The molecule has 1 aromatic rings. The molecule has 5 nitrogen and oxygen atoms in total. The number of benzene rings is 1. The number of ether oxygens (including phenoxy) is 1. The molecule has 1 saturated carbocycles. The molecule has 0 radical (unpaired) electrons. The maximum absolute atomic E-state index is 12.2. The van der Waals surface area contributed by atoms with Gasteiger partial charge in [-0.05, 0) is 36.5 Å². The topological polar surface area (TPSA) is 75.6 Å². The van der Waals surface area contributed by atoms with Crippen molar-refractivity contribution in [2.24, 2.45) is 0 Å². The fourth-order valence-electron chi connectivity index (χ4n) is 3.03. The lowest BCUT2D eigenvalue weighted by Crippen LogP contribution is -2.44. The van der Waals surface area contributed by atoms with E-state index in [4.69, 9.17) is 9.84 Å². The molecule has 0 aliphatic heterocycles. The van der Waals surface area contributed by atoms with Crippen LogP contribution in [0.15, 0.2) is 36.9 Å². The average molecular weight is 331 g/mol. The largest absolute Gasteiger partial charge is 0.480 e. The number of hydrogen-bond donors (Lipinski definition) is 2. The predicted octanol–water partition coefficient (Wildman–Crippen LogP) is 3.12. The molecule has 1 unspecified atom stereocenters. The molecule has 0 heterocycles. The Kier molecular flexibility index (Phi) is 7.00. The van der Waals surface area contributed by atoms with Crippen molar-refractivity contribution < 1.29 is 19.4 Å². The third kappa shape index (κ3) is 5.20. The van der Waals surface area contributed by atoms with E-state index in [0.29, 0.717) is 11.5 Å². The van der Waals surface area contributed by atoms with Crippen molar-refractivity contribution in [3.05, 3.63) is 48.0 Å². The highest BCUT2D eigenvalue weighted by molar-refractivity contribution is 5.96. The molecule has 2 rings (SSSR count). The zero-order valence-corrected chi connectivity index (χ0v) is 13.9. The zero-order chi connectivity index (χ0) is 17.4. The van der Waals surface area contributed by atoms with E-state index in [2.05, 4.69) is 11.9 Å². The second-order valence-electron chi connectivity index (χ2n) is 6.15. The summed E-state index contributed by atoms with van der Waals surface area (Å²) in [5.41, 5.74) is 1.72. The van der Waals surface area contributed by atoms with Crippen LogP contribution in [0, 0.1) is 0 Å². The summed E-state index contributed by atoms with van der Waals surface area (Å²) in [6, 6.07) is 6.42. The van der Waals surface area contributed by atoms with E-state index >= 15 is 0 Å². The summed E-state index contributed by atoms with van der Waals surface area (Å²) in [7, 11) is 0. The van der Waals surface area contributed by atoms with Gasteiger partial charge in [-0.15, -0.1) is 6.58 Å². The fraction of sp³-hybridized carbons (Fsp3) is 0.474. The van der Waals surface area contributed by atoms with Gasteiger partial charge in [0.2, 0.25) is 0 Å². The molecule has 1 aliphatic carbocycles. The number of nitrogens with one attached hydrogen (secondary N) is 1. The monoisotopic (exact) mass is 331 g/mol. The number of carbonyl (C=O) groups excluding carboxylic acids is 1. The first-order chi connectivity index (χ1) is 11.6. The van der Waals surface area contributed by atoms with Gasteiger partial charge in [0.1, 0.15) is 0 Å². The Morgan fingerprint density at radius 2 is 1.92 bits per heavy atom. The first-order valence-electron chi connectivity index (χ1n) is 8.44. The maximum atomic E-state index is 12.2. The SMILES string of the molecule is C=CCOCC(NC(=O)c1ccc(C2CCCCC2)cc1)C(=O)O. The second kappa shape index (κ2) is 9.23. The summed E-state index contributed by atoms with van der Waals surface area (Å²) in [6.45, 7) is 3.65. The van der Waals surface area contributed by atoms with Crippen LogP contribution in [-0.4, -0.2) is 36.2 Å². The zero-order valence-electron chi connectivity index (χ0n) is 13.9. The van der Waals surface area contributed by atoms with Crippen molar-refractivity contribution in [1.29, 1.82) is 0 Å². The molecule has 0 spiro atoms. The van der Waals surface area contributed by atoms with E-state index in [1.807, 2.05) is 12.1 Å². The molecule has 1 aromatic carbocycles. The minimum Gasteiger partial charge on any atom is -0.480 e. The van der Waals surface area contributed by atoms with E-state index in [9.17, 15) is 9.59 Å². The Hall–Kier alpha value is -2.14. The van der Waals surface area contributed by atoms with E-state index in [-0.39, 0.29) is 13.2 Å². The van der Waals surface area contributed by atoms with Gasteiger partial charge in [0.25, 0.3) is 5.91 Å². The van der Waals surface area contributed by atoms with Crippen LogP contribution in [0.25, 0.3) is 0 Å². The highest BCUT2D eigenvalue weighted by Gasteiger charge is 2.21. The van der Waals surface area contributed by atoms with Gasteiger partial charge in [-0.3, -0.25) is 4.79 Å². The van der Waals surface area contributed by atoms with Gasteiger partial charge in [-0.1, -0.05) is 37.5 Å². The molecular formula is C19H25NO4. The first kappa shape index (κ1) is 18.2. The third-order valence-corrected chi connectivity index (χ3v) is 4.37. The summed E-state index contributed by atoms with van der Waals surface area (Å²) in [5, 5.41) is 11.7. The summed E-state index contributed by atoms with van der Waals surface area (Å²) >= 11 is 0. The van der Waals surface area contributed by atoms with Crippen LogP contribution in [0.1, 0.15) is 53.9 Å². The number of hydrogen-bond acceptors (Lipinski definition) is 3. The Bertz CT molecular complexity index is 561. The Balaban J connectivity index is 1.95. The molecule has 1 fully saturated rings. The highest BCUT2D eigenvalue weighted by atomic mass is 16.5. The molecule has 0 bridgehead atoms. The van der Waals surface area contributed by atoms with E-state index in [1.165, 1.54) is 43.7 Å². The van der Waals surface area contributed by atoms with E-state index in [0.717, 1.165) is 0 Å². The fourth-order valence-corrected chi connectivity index (χ4v) is 3.03. The first-order valence-corrected chi connectivity index (χ1v) is 8.44. The summed E-state index contributed by atoms with van der Waals surface area (Å²) in [6.07, 6.45) is 7.77. The summed E-state index contributed by atoms with van der Waals surface area (Å²) in [5.74, 6) is -0.944. The normalized spacial score (nSPS) is 16.3. The van der Waals surface area contributed by atoms with Gasteiger partial charge in [-0.2, -0.15) is 0 Å². The number of rotatable bonds is 8. The number of carboxylic acids is 1. The molecule has 1 atom stereocenters. The lowest BCUT2D eigenvalue weighted by atomic mass is 9.84. The number of carbonyl (C=O) groups is 2. The van der Waals surface area contributed by atoms with Crippen LogP contribution >= 0.6 is 0 Å². The van der Waals surface area contributed by atoms with Gasteiger partial charge in [0.15, 0.2) is 6.04 Å². The molecule has 0 saturated heterocycles. The number of carboxylic acid groups (broad SMARTS) is 1. The van der Waals surface area contributed by atoms with Crippen LogP contribution < -0.4 is 5.32 Å². The van der Waals surface area contributed by atoms with Gasteiger partial charge in [-0.25, -0.2) is 4.79 Å². The smallest absolute Gasteiger partial charge is 0.328 e. The Morgan fingerprint density at radius 3 is 2.50 bits per heavy atom. The van der Waals surface area contributed by atoms with Gasteiger partial charge in [0, 0.05) is 5.56 Å². The minimum atomic E-state index is -1.12. The quantitative estimate of drug-likeness (QED) is 0.567. The van der Waals surface area contributed by atoms with Crippen molar-refractivity contribution in [2.45, 2.75) is 44.1 Å². The Labute approximate surface area is 142 Å². The average Bonchev–Trinajstić information content (AvgIpc) is 2.61. The van der Waals surface area contributed by atoms with Crippen molar-refractivity contribution in [3.63, 3.8) is 0 Å². The molecule has 130 valence electrons. The lowest BCUT2D eigenvalue weighted by Gasteiger charge is -2.22. The summed E-state index contributed by atoms with van der Waals surface area (Å²) < 4.78 is 5.13. The van der Waals surface area contributed by atoms with E-state index < -0.39 is 17.9 Å². The molecular weight excluding hydrogens is 306 g/mol. The lowest BCUT2D eigenvalue weighted by molar-refractivity contribution is -0.140. The van der Waals surface area contributed by atoms with Crippen LogP contribution in [0.5, 0.6) is 0 Å². The van der Waals surface area contributed by atoms with Crippen molar-refractivity contribution >= 4 is 11.9 Å². The standard InChI is InChI=1S/C19H25NO4/c1-2-12-24-13-17(19(22)23)20-18(21)16-10-8-15(9-11-16)14-6-4-3-5-7-14/h2,8-11,14,17H,1,3-7,12-13H2,(H,20,21)(H,22,23).